The van der Waals surface area contributed by atoms with Gasteiger partial charge >= 0.3 is 0 Å². The predicted molar refractivity (Wildman–Crippen MR) is 73.7 cm³/mol. The number of hydrogen-bond acceptors (Lipinski definition) is 4. The first-order chi connectivity index (χ1) is 8.85. The second kappa shape index (κ2) is 5.24. The summed E-state index contributed by atoms with van der Waals surface area (Å²) in [6.45, 7) is 6.05. The van der Waals surface area contributed by atoms with Crippen molar-refractivity contribution in [3.63, 3.8) is 0 Å². The molecule has 1 aromatic heterocycles. The molecule has 1 aromatic rings. The smallest absolute Gasteiger partial charge is 0.125 e. The van der Waals surface area contributed by atoms with E-state index in [-0.39, 0.29) is 0 Å². The van der Waals surface area contributed by atoms with Crippen molar-refractivity contribution in [2.45, 2.75) is 25.4 Å². The number of rotatable bonds is 3. The lowest BCUT2D eigenvalue weighted by Crippen LogP contribution is -2.49. The number of hydrogen-bond donors (Lipinski definition) is 1. The second-order valence-electron chi connectivity index (χ2n) is 5.37. The molecule has 2 aliphatic heterocycles. The van der Waals surface area contributed by atoms with E-state index in [1.54, 1.807) is 0 Å². The first kappa shape index (κ1) is 11.9. The molecule has 0 saturated carbocycles. The number of nitrogens with zero attached hydrogens (tertiary/aromatic N) is 3. The number of anilines is 1. The van der Waals surface area contributed by atoms with Crippen LogP contribution in [0.25, 0.3) is 0 Å². The fourth-order valence-electron chi connectivity index (χ4n) is 3.17. The van der Waals surface area contributed by atoms with Gasteiger partial charge in [-0.05, 0) is 37.1 Å². The Morgan fingerprint density at radius 1 is 1.39 bits per heavy atom. The maximum Gasteiger partial charge on any atom is 0.125 e. The van der Waals surface area contributed by atoms with E-state index in [2.05, 4.69) is 32.2 Å². The highest BCUT2D eigenvalue weighted by molar-refractivity contribution is 5.36. The van der Waals surface area contributed by atoms with E-state index in [0.717, 1.165) is 18.4 Å². The maximum atomic E-state index is 4.27. The lowest BCUT2D eigenvalue weighted by molar-refractivity contribution is 0.0994. The molecule has 3 rings (SSSR count). The van der Waals surface area contributed by atoms with Gasteiger partial charge in [0.1, 0.15) is 5.82 Å². The summed E-state index contributed by atoms with van der Waals surface area (Å²) in [6.07, 6.45) is 4.67. The summed E-state index contributed by atoms with van der Waals surface area (Å²) in [6, 6.07) is 5.09. The minimum absolute atomic E-state index is 0.810. The Kier molecular flexibility index (Phi) is 3.48. The number of pyridine rings is 1. The van der Waals surface area contributed by atoms with Crippen molar-refractivity contribution in [3.8, 4) is 0 Å². The van der Waals surface area contributed by atoms with Gasteiger partial charge in [-0.1, -0.05) is 0 Å². The van der Waals surface area contributed by atoms with Crippen molar-refractivity contribution in [2.75, 3.05) is 38.5 Å². The molecule has 98 valence electrons. The molecule has 4 heteroatoms. The largest absolute Gasteiger partial charge is 0.373 e. The van der Waals surface area contributed by atoms with E-state index < -0.39 is 0 Å². The van der Waals surface area contributed by atoms with E-state index in [4.69, 9.17) is 0 Å². The summed E-state index contributed by atoms with van der Waals surface area (Å²) in [5, 5.41) is 3.10. The van der Waals surface area contributed by atoms with Crippen LogP contribution in [0.4, 0.5) is 5.82 Å². The molecule has 1 unspecified atom stereocenters. The molecule has 2 fully saturated rings. The Morgan fingerprint density at radius 3 is 3.22 bits per heavy atom. The highest BCUT2D eigenvalue weighted by Gasteiger charge is 2.30. The monoisotopic (exact) mass is 246 g/mol. The van der Waals surface area contributed by atoms with Crippen molar-refractivity contribution in [3.05, 3.63) is 23.9 Å². The molecular formula is C14H22N4. The quantitative estimate of drug-likeness (QED) is 0.873. The Hall–Kier alpha value is -1.13. The average Bonchev–Trinajstić information content (AvgIpc) is 2.86. The molecule has 0 aromatic carbocycles. The highest BCUT2D eigenvalue weighted by Crippen LogP contribution is 2.22. The minimum Gasteiger partial charge on any atom is -0.373 e. The summed E-state index contributed by atoms with van der Waals surface area (Å²) in [5.41, 5.74) is 1.36. The normalized spacial score (nSPS) is 25.1. The van der Waals surface area contributed by atoms with Crippen LogP contribution in [0, 0.1) is 0 Å². The van der Waals surface area contributed by atoms with Crippen LogP contribution in [0.15, 0.2) is 18.3 Å². The summed E-state index contributed by atoms with van der Waals surface area (Å²) in [5.74, 6) is 0.965. The van der Waals surface area contributed by atoms with Crippen molar-refractivity contribution in [1.29, 1.82) is 0 Å². The Balaban J connectivity index is 1.62. The molecule has 0 aliphatic carbocycles. The van der Waals surface area contributed by atoms with Crippen LogP contribution in [-0.4, -0.2) is 54.1 Å². The number of fused-ring (bicyclic) bond motifs is 1. The zero-order valence-electron chi connectivity index (χ0n) is 11.1. The maximum absolute atomic E-state index is 4.27. The average molecular weight is 246 g/mol. The van der Waals surface area contributed by atoms with Crippen LogP contribution in [0.3, 0.4) is 0 Å². The van der Waals surface area contributed by atoms with Crippen LogP contribution in [0.1, 0.15) is 18.4 Å². The van der Waals surface area contributed by atoms with Gasteiger partial charge in [0.25, 0.3) is 0 Å². The van der Waals surface area contributed by atoms with Crippen molar-refractivity contribution >= 4 is 5.82 Å². The fraction of sp³-hybridized carbons (Fsp3) is 0.643. The topological polar surface area (TPSA) is 31.4 Å². The van der Waals surface area contributed by atoms with Gasteiger partial charge in [-0.15, -0.1) is 0 Å². The number of piperazine rings is 1. The predicted octanol–water partition coefficient (Wildman–Crippen LogP) is 1.40. The Morgan fingerprint density at radius 2 is 2.33 bits per heavy atom. The molecule has 0 bridgehead atoms. The van der Waals surface area contributed by atoms with Crippen LogP contribution in [-0.2, 0) is 6.54 Å². The van der Waals surface area contributed by atoms with Crippen LogP contribution < -0.4 is 5.32 Å². The third kappa shape index (κ3) is 2.49. The minimum atomic E-state index is 0.810. The molecule has 2 aliphatic rings. The zero-order valence-corrected chi connectivity index (χ0v) is 11.1. The van der Waals surface area contributed by atoms with E-state index in [1.165, 1.54) is 44.6 Å². The zero-order chi connectivity index (χ0) is 12.4. The highest BCUT2D eigenvalue weighted by atomic mass is 15.3. The number of nitrogens with one attached hydrogen (secondary N) is 1. The molecule has 0 spiro atoms. The molecular weight excluding hydrogens is 224 g/mol. The summed E-state index contributed by atoms with van der Waals surface area (Å²) >= 11 is 0. The molecule has 2 saturated heterocycles. The van der Waals surface area contributed by atoms with Crippen molar-refractivity contribution in [2.24, 2.45) is 0 Å². The third-order valence-electron chi connectivity index (χ3n) is 4.16. The Bertz CT molecular complexity index is 407. The van der Waals surface area contributed by atoms with E-state index in [9.17, 15) is 0 Å². The van der Waals surface area contributed by atoms with Crippen LogP contribution >= 0.6 is 0 Å². The molecule has 18 heavy (non-hydrogen) atoms. The molecule has 0 radical (unpaired) electrons. The lowest BCUT2D eigenvalue weighted by atomic mass is 10.1. The SMILES string of the molecule is CNc1cc(CN2CCN3CCCC3C2)ccn1. The molecule has 3 heterocycles. The van der Waals surface area contributed by atoms with Crippen LogP contribution in [0.5, 0.6) is 0 Å². The van der Waals surface area contributed by atoms with E-state index in [1.807, 2.05) is 13.2 Å². The van der Waals surface area contributed by atoms with Crippen molar-refractivity contribution < 1.29 is 0 Å². The van der Waals surface area contributed by atoms with Gasteiger partial charge in [-0.3, -0.25) is 9.80 Å². The number of aromatic nitrogens is 1. The van der Waals surface area contributed by atoms with Gasteiger partial charge in [-0.2, -0.15) is 0 Å². The first-order valence-electron chi connectivity index (χ1n) is 6.94. The summed E-state index contributed by atoms with van der Waals surface area (Å²) < 4.78 is 0. The van der Waals surface area contributed by atoms with Gasteiger partial charge in [0.05, 0.1) is 0 Å². The lowest BCUT2D eigenvalue weighted by Gasteiger charge is -2.37. The first-order valence-corrected chi connectivity index (χ1v) is 6.94. The Labute approximate surface area is 109 Å². The van der Waals surface area contributed by atoms with E-state index >= 15 is 0 Å². The molecule has 4 nitrogen and oxygen atoms in total. The van der Waals surface area contributed by atoms with Gasteiger partial charge in [0.15, 0.2) is 0 Å². The summed E-state index contributed by atoms with van der Waals surface area (Å²) in [4.78, 5) is 9.51. The summed E-state index contributed by atoms with van der Waals surface area (Å²) in [7, 11) is 1.92. The van der Waals surface area contributed by atoms with Crippen molar-refractivity contribution in [1.82, 2.24) is 14.8 Å². The van der Waals surface area contributed by atoms with Gasteiger partial charge in [0, 0.05) is 45.5 Å². The third-order valence-corrected chi connectivity index (χ3v) is 4.16. The van der Waals surface area contributed by atoms with Crippen LogP contribution in [0.2, 0.25) is 0 Å². The van der Waals surface area contributed by atoms with Gasteiger partial charge < -0.3 is 5.32 Å². The fourth-order valence-corrected chi connectivity index (χ4v) is 3.17. The van der Waals surface area contributed by atoms with Gasteiger partial charge in [0.2, 0.25) is 0 Å². The second-order valence-corrected chi connectivity index (χ2v) is 5.37. The standard InChI is InChI=1S/C14H22N4/c1-15-14-9-12(4-5-16-14)10-17-7-8-18-6-2-3-13(18)11-17/h4-5,9,13H,2-3,6-8,10-11H2,1H3,(H,15,16). The van der Waals surface area contributed by atoms with E-state index in [0.29, 0.717) is 0 Å². The van der Waals surface area contributed by atoms with Gasteiger partial charge in [-0.25, -0.2) is 4.98 Å². The molecule has 1 atom stereocenters. The molecule has 0 amide bonds. The molecule has 1 N–H and O–H groups in total.